The molecule has 4 aromatic rings. The maximum absolute atomic E-state index is 14.2. The molecule has 8 heteroatoms. The number of nitrogens with zero attached hydrogens (tertiary/aromatic N) is 2. The highest BCUT2D eigenvalue weighted by Crippen LogP contribution is 2.32. The molecule has 2 heterocycles. The number of hydrogen-bond donors (Lipinski definition) is 1. The lowest BCUT2D eigenvalue weighted by atomic mass is 10.1. The molecule has 31 heavy (non-hydrogen) atoms. The Morgan fingerprint density at radius 2 is 1.97 bits per heavy atom. The monoisotopic (exact) mass is 425 g/mol. The first kappa shape index (κ1) is 20.6. The Labute approximate surface area is 177 Å². The Kier molecular flexibility index (Phi) is 5.46. The largest absolute Gasteiger partial charge is 0.493 e. The van der Waals surface area contributed by atoms with Crippen molar-refractivity contribution in [1.82, 2.24) is 14.5 Å². The normalized spacial score (nSPS) is 12.2. The summed E-state index contributed by atoms with van der Waals surface area (Å²) in [5.74, 6) is -0.717. The number of aromatic nitrogens is 3. The summed E-state index contributed by atoms with van der Waals surface area (Å²) < 4.78 is 40.3. The van der Waals surface area contributed by atoms with Crippen LogP contribution in [-0.2, 0) is 0 Å². The summed E-state index contributed by atoms with van der Waals surface area (Å²) in [4.78, 5) is 19.9. The van der Waals surface area contributed by atoms with E-state index in [0.717, 1.165) is 11.6 Å². The SMILES string of the molecule is CCOc1cc([C@@H](C)n2c(=O)[nH]c3cc(-c4cccc(F)c4F)cnc32)ccc1OC. The topological polar surface area (TPSA) is 69.1 Å². The van der Waals surface area contributed by atoms with Crippen LogP contribution in [0.5, 0.6) is 11.5 Å². The standard InChI is InChI=1S/C23H21F2N3O3/c1-4-31-20-11-14(8-9-19(20)30-3)13(2)28-22-18(27-23(28)29)10-15(12-26-22)16-6-5-7-17(24)21(16)25/h5-13H,4H2,1-3H3,(H,27,29)/t13-/m1/s1. The highest BCUT2D eigenvalue weighted by Gasteiger charge is 2.19. The van der Waals surface area contributed by atoms with E-state index >= 15 is 0 Å². The molecule has 0 bridgehead atoms. The minimum Gasteiger partial charge on any atom is -0.493 e. The molecule has 2 aromatic heterocycles. The third-order valence-corrected chi connectivity index (χ3v) is 5.18. The van der Waals surface area contributed by atoms with Crippen molar-refractivity contribution in [1.29, 1.82) is 0 Å². The van der Waals surface area contributed by atoms with Gasteiger partial charge in [-0.1, -0.05) is 18.2 Å². The van der Waals surface area contributed by atoms with Crippen LogP contribution in [0.25, 0.3) is 22.3 Å². The van der Waals surface area contributed by atoms with Gasteiger partial charge in [-0.3, -0.25) is 4.57 Å². The van der Waals surface area contributed by atoms with E-state index in [9.17, 15) is 13.6 Å². The predicted octanol–water partition coefficient (Wildman–Crippen LogP) is 4.69. The first-order chi connectivity index (χ1) is 14.9. The van der Waals surface area contributed by atoms with E-state index in [2.05, 4.69) is 9.97 Å². The zero-order valence-electron chi connectivity index (χ0n) is 17.3. The van der Waals surface area contributed by atoms with Crippen LogP contribution in [0, 0.1) is 11.6 Å². The number of methoxy groups -OCH3 is 1. The fraction of sp³-hybridized carbons (Fsp3) is 0.217. The number of pyridine rings is 1. The number of halogens is 2. The van der Waals surface area contributed by atoms with Crippen LogP contribution in [0.1, 0.15) is 25.5 Å². The lowest BCUT2D eigenvalue weighted by molar-refractivity contribution is 0.310. The summed E-state index contributed by atoms with van der Waals surface area (Å²) in [6.45, 7) is 4.22. The minimum atomic E-state index is -0.958. The molecule has 0 aliphatic carbocycles. The molecule has 0 radical (unpaired) electrons. The number of fused-ring (bicyclic) bond motifs is 1. The van der Waals surface area contributed by atoms with E-state index in [4.69, 9.17) is 9.47 Å². The summed E-state index contributed by atoms with van der Waals surface area (Å²) >= 11 is 0. The van der Waals surface area contributed by atoms with E-state index in [1.54, 1.807) is 19.2 Å². The second kappa shape index (κ2) is 8.22. The molecule has 0 aliphatic rings. The number of aromatic amines is 1. The van der Waals surface area contributed by atoms with Gasteiger partial charge in [-0.25, -0.2) is 18.6 Å². The second-order valence-corrected chi connectivity index (χ2v) is 7.02. The van der Waals surface area contributed by atoms with Crippen molar-refractivity contribution >= 4 is 11.2 Å². The molecule has 0 saturated heterocycles. The molecule has 0 amide bonds. The number of imidazole rings is 1. The molecule has 0 saturated carbocycles. The van der Waals surface area contributed by atoms with E-state index in [1.807, 2.05) is 26.0 Å². The Hall–Kier alpha value is -3.68. The molecule has 0 spiro atoms. The highest BCUT2D eigenvalue weighted by atomic mass is 19.2. The zero-order valence-corrected chi connectivity index (χ0v) is 17.3. The van der Waals surface area contributed by atoms with Crippen molar-refractivity contribution in [2.75, 3.05) is 13.7 Å². The van der Waals surface area contributed by atoms with Crippen LogP contribution in [0.15, 0.2) is 53.5 Å². The molecular formula is C23H21F2N3O3. The first-order valence-corrected chi connectivity index (χ1v) is 9.80. The Morgan fingerprint density at radius 1 is 1.16 bits per heavy atom. The molecule has 2 aromatic carbocycles. The van der Waals surface area contributed by atoms with Gasteiger partial charge >= 0.3 is 5.69 Å². The molecule has 160 valence electrons. The second-order valence-electron chi connectivity index (χ2n) is 7.02. The summed E-state index contributed by atoms with van der Waals surface area (Å²) in [7, 11) is 1.56. The quantitative estimate of drug-likeness (QED) is 0.487. The van der Waals surface area contributed by atoms with Crippen LogP contribution >= 0.6 is 0 Å². The van der Waals surface area contributed by atoms with Crippen LogP contribution in [0.2, 0.25) is 0 Å². The van der Waals surface area contributed by atoms with Crippen LogP contribution < -0.4 is 15.2 Å². The maximum Gasteiger partial charge on any atom is 0.328 e. The Morgan fingerprint density at radius 3 is 2.71 bits per heavy atom. The van der Waals surface area contributed by atoms with Gasteiger partial charge in [-0.05, 0) is 43.7 Å². The van der Waals surface area contributed by atoms with Gasteiger partial charge in [-0.15, -0.1) is 0 Å². The molecule has 4 rings (SSSR count). The van der Waals surface area contributed by atoms with Crippen molar-refractivity contribution in [3.05, 3.63) is 76.3 Å². The van der Waals surface area contributed by atoms with Crippen LogP contribution in [0.3, 0.4) is 0 Å². The molecule has 0 fully saturated rings. The third-order valence-electron chi connectivity index (χ3n) is 5.18. The number of hydrogen-bond acceptors (Lipinski definition) is 4. The lowest BCUT2D eigenvalue weighted by Gasteiger charge is -2.16. The number of benzene rings is 2. The van der Waals surface area contributed by atoms with Gasteiger partial charge in [0.2, 0.25) is 0 Å². The van der Waals surface area contributed by atoms with Crippen LogP contribution in [-0.4, -0.2) is 28.3 Å². The average Bonchev–Trinajstić information content (AvgIpc) is 3.10. The molecule has 1 N–H and O–H groups in total. The highest BCUT2D eigenvalue weighted by molar-refractivity contribution is 5.78. The van der Waals surface area contributed by atoms with Crippen molar-refractivity contribution in [2.45, 2.75) is 19.9 Å². The van der Waals surface area contributed by atoms with Crippen molar-refractivity contribution < 1.29 is 18.3 Å². The van der Waals surface area contributed by atoms with Crippen molar-refractivity contribution in [2.24, 2.45) is 0 Å². The third kappa shape index (κ3) is 3.65. The van der Waals surface area contributed by atoms with Gasteiger partial charge in [0.15, 0.2) is 28.8 Å². The van der Waals surface area contributed by atoms with Crippen molar-refractivity contribution in [3.8, 4) is 22.6 Å². The van der Waals surface area contributed by atoms with Gasteiger partial charge in [0.25, 0.3) is 0 Å². The number of rotatable bonds is 6. The summed E-state index contributed by atoms with van der Waals surface area (Å²) in [5, 5.41) is 0. The molecule has 0 aliphatic heterocycles. The van der Waals surface area contributed by atoms with Gasteiger partial charge in [0, 0.05) is 17.3 Å². The molecule has 0 unspecified atom stereocenters. The van der Waals surface area contributed by atoms with E-state index in [0.29, 0.717) is 34.8 Å². The molecular weight excluding hydrogens is 404 g/mol. The van der Waals surface area contributed by atoms with E-state index < -0.39 is 11.6 Å². The fourth-order valence-electron chi connectivity index (χ4n) is 3.62. The van der Waals surface area contributed by atoms with Crippen LogP contribution in [0.4, 0.5) is 8.78 Å². The predicted molar refractivity (Wildman–Crippen MR) is 114 cm³/mol. The number of H-pyrrole nitrogens is 1. The molecule has 1 atom stereocenters. The van der Waals surface area contributed by atoms with Gasteiger partial charge < -0.3 is 14.5 Å². The number of ether oxygens (including phenoxy) is 2. The van der Waals surface area contributed by atoms with E-state index in [1.165, 1.54) is 22.9 Å². The van der Waals surface area contributed by atoms with Crippen molar-refractivity contribution in [3.63, 3.8) is 0 Å². The summed E-state index contributed by atoms with van der Waals surface area (Å²) in [6.07, 6.45) is 1.43. The maximum atomic E-state index is 14.2. The summed E-state index contributed by atoms with van der Waals surface area (Å²) in [6, 6.07) is 10.6. The van der Waals surface area contributed by atoms with E-state index in [-0.39, 0.29) is 17.3 Å². The zero-order chi connectivity index (χ0) is 22.1. The first-order valence-electron chi connectivity index (χ1n) is 9.80. The number of nitrogens with one attached hydrogen (secondary N) is 1. The summed E-state index contributed by atoms with van der Waals surface area (Å²) in [5.41, 5.74) is 1.75. The fourth-order valence-corrected chi connectivity index (χ4v) is 3.62. The molecule has 6 nitrogen and oxygen atoms in total. The Bertz CT molecular complexity index is 1310. The lowest BCUT2D eigenvalue weighted by Crippen LogP contribution is -2.21. The smallest absolute Gasteiger partial charge is 0.328 e. The Balaban J connectivity index is 1.78. The average molecular weight is 425 g/mol. The van der Waals surface area contributed by atoms with Gasteiger partial charge in [0.05, 0.1) is 25.3 Å². The minimum absolute atomic E-state index is 0.0764. The van der Waals surface area contributed by atoms with Gasteiger partial charge in [0.1, 0.15) is 0 Å². The van der Waals surface area contributed by atoms with Gasteiger partial charge in [-0.2, -0.15) is 0 Å².